The molecule has 0 N–H and O–H groups in total. The van der Waals surface area contributed by atoms with E-state index in [1.165, 1.54) is 0 Å². The van der Waals surface area contributed by atoms with Gasteiger partial charge in [-0.1, -0.05) is 25.4 Å². The van der Waals surface area contributed by atoms with Gasteiger partial charge in [0.2, 0.25) is 0 Å². The van der Waals surface area contributed by atoms with Crippen molar-refractivity contribution >= 4 is 17.4 Å². The molecule has 0 saturated carbocycles. The monoisotopic (exact) mass is 265 g/mol. The summed E-state index contributed by atoms with van der Waals surface area (Å²) in [5.41, 5.74) is 0.764. The van der Waals surface area contributed by atoms with Gasteiger partial charge in [0.05, 0.1) is 0 Å². The van der Waals surface area contributed by atoms with Crippen LogP contribution in [0.25, 0.3) is 0 Å². The molecule has 1 aliphatic heterocycles. The molecule has 1 aromatic rings. The number of hydrogen-bond donors (Lipinski definition) is 0. The minimum atomic E-state index is 0.207. The maximum Gasteiger partial charge on any atom is 0.164 e. The second kappa shape index (κ2) is 5.85. The lowest BCUT2D eigenvalue weighted by Crippen LogP contribution is -2.24. The highest BCUT2D eigenvalue weighted by Crippen LogP contribution is 2.22. The Balaban J connectivity index is 1.84. The SMILES string of the molecule is CC1CN(CCC(=O)c2ccc(Cl)cc2)CC1C. The number of ketones is 1. The first-order chi connectivity index (χ1) is 8.56. The average molecular weight is 266 g/mol. The van der Waals surface area contributed by atoms with Gasteiger partial charge >= 0.3 is 0 Å². The zero-order valence-corrected chi connectivity index (χ0v) is 11.8. The van der Waals surface area contributed by atoms with Crippen LogP contribution in [0.15, 0.2) is 24.3 Å². The Morgan fingerprint density at radius 1 is 1.22 bits per heavy atom. The number of rotatable bonds is 4. The van der Waals surface area contributed by atoms with Crippen molar-refractivity contribution in [3.8, 4) is 0 Å². The molecule has 0 bridgehead atoms. The highest BCUT2D eigenvalue weighted by Gasteiger charge is 2.25. The van der Waals surface area contributed by atoms with Gasteiger partial charge in [0, 0.05) is 36.6 Å². The number of nitrogens with zero attached hydrogens (tertiary/aromatic N) is 1. The van der Waals surface area contributed by atoms with E-state index in [-0.39, 0.29) is 5.78 Å². The van der Waals surface area contributed by atoms with Crippen molar-refractivity contribution in [3.63, 3.8) is 0 Å². The number of likely N-dealkylation sites (tertiary alicyclic amines) is 1. The highest BCUT2D eigenvalue weighted by atomic mass is 35.5. The first-order valence-corrected chi connectivity index (χ1v) is 6.95. The van der Waals surface area contributed by atoms with Crippen molar-refractivity contribution in [2.24, 2.45) is 11.8 Å². The van der Waals surface area contributed by atoms with E-state index in [2.05, 4.69) is 18.7 Å². The Labute approximate surface area is 114 Å². The molecule has 1 heterocycles. The third-order valence-corrected chi connectivity index (χ3v) is 4.14. The normalized spacial score (nSPS) is 24.4. The van der Waals surface area contributed by atoms with E-state index in [4.69, 9.17) is 11.6 Å². The summed E-state index contributed by atoms with van der Waals surface area (Å²) in [5.74, 6) is 1.70. The summed E-state index contributed by atoms with van der Waals surface area (Å²) in [6.45, 7) is 7.68. The van der Waals surface area contributed by atoms with Crippen molar-refractivity contribution in [2.45, 2.75) is 20.3 Å². The van der Waals surface area contributed by atoms with Gasteiger partial charge < -0.3 is 4.90 Å². The number of carbonyl (C=O) groups excluding carboxylic acids is 1. The quantitative estimate of drug-likeness (QED) is 0.777. The van der Waals surface area contributed by atoms with E-state index < -0.39 is 0 Å². The molecule has 0 radical (unpaired) electrons. The van der Waals surface area contributed by atoms with Gasteiger partial charge in [-0.15, -0.1) is 0 Å². The highest BCUT2D eigenvalue weighted by molar-refractivity contribution is 6.30. The van der Waals surface area contributed by atoms with Crippen LogP contribution in [0.4, 0.5) is 0 Å². The number of Topliss-reactive ketones (excluding diaryl/α,β-unsaturated/α-hetero) is 1. The van der Waals surface area contributed by atoms with Crippen LogP contribution in [-0.2, 0) is 0 Å². The third kappa shape index (κ3) is 3.33. The van der Waals surface area contributed by atoms with Crippen LogP contribution >= 0.6 is 11.6 Å². The van der Waals surface area contributed by atoms with E-state index >= 15 is 0 Å². The summed E-state index contributed by atoms with van der Waals surface area (Å²) in [4.78, 5) is 14.4. The van der Waals surface area contributed by atoms with Gasteiger partial charge in [0.15, 0.2) is 5.78 Å². The lowest BCUT2D eigenvalue weighted by molar-refractivity contribution is 0.0968. The average Bonchev–Trinajstić information content (AvgIpc) is 2.67. The number of carbonyl (C=O) groups is 1. The van der Waals surface area contributed by atoms with E-state index in [1.807, 2.05) is 0 Å². The molecule has 1 fully saturated rings. The molecule has 0 amide bonds. The van der Waals surface area contributed by atoms with Crippen LogP contribution in [-0.4, -0.2) is 30.3 Å². The molecule has 0 aromatic heterocycles. The number of halogens is 1. The summed E-state index contributed by atoms with van der Waals surface area (Å²) in [7, 11) is 0. The van der Waals surface area contributed by atoms with Gasteiger partial charge in [-0.3, -0.25) is 4.79 Å². The maximum atomic E-state index is 12.0. The smallest absolute Gasteiger partial charge is 0.164 e. The molecule has 2 atom stereocenters. The molecule has 1 aliphatic rings. The molecule has 1 aromatic carbocycles. The van der Waals surface area contributed by atoms with E-state index in [9.17, 15) is 4.79 Å². The summed E-state index contributed by atoms with van der Waals surface area (Å²) in [5, 5.41) is 0.675. The molecule has 98 valence electrons. The maximum absolute atomic E-state index is 12.0. The molecule has 1 saturated heterocycles. The second-order valence-electron chi connectivity index (χ2n) is 5.39. The topological polar surface area (TPSA) is 20.3 Å². The molecular weight excluding hydrogens is 246 g/mol. The van der Waals surface area contributed by atoms with Crippen molar-refractivity contribution in [2.75, 3.05) is 19.6 Å². The largest absolute Gasteiger partial charge is 0.302 e. The Bertz CT molecular complexity index is 405. The Kier molecular flexibility index (Phi) is 4.41. The van der Waals surface area contributed by atoms with Gasteiger partial charge in [-0.05, 0) is 36.1 Å². The lowest BCUT2D eigenvalue weighted by Gasteiger charge is -2.14. The third-order valence-electron chi connectivity index (χ3n) is 3.89. The summed E-state index contributed by atoms with van der Waals surface area (Å²) >= 11 is 5.81. The minimum absolute atomic E-state index is 0.207. The number of benzene rings is 1. The molecule has 2 rings (SSSR count). The molecule has 0 spiro atoms. The predicted molar refractivity (Wildman–Crippen MR) is 75.2 cm³/mol. The summed E-state index contributed by atoms with van der Waals surface area (Å²) in [6, 6.07) is 7.16. The lowest BCUT2D eigenvalue weighted by atomic mass is 10.0. The zero-order chi connectivity index (χ0) is 13.1. The fraction of sp³-hybridized carbons (Fsp3) is 0.533. The van der Waals surface area contributed by atoms with Crippen molar-refractivity contribution in [1.29, 1.82) is 0 Å². The van der Waals surface area contributed by atoms with Gasteiger partial charge in [0.25, 0.3) is 0 Å². The molecule has 0 aliphatic carbocycles. The standard InChI is InChI=1S/C15H20ClNO/c1-11-9-17(10-12(11)2)8-7-15(18)13-3-5-14(16)6-4-13/h3-6,11-12H,7-10H2,1-2H3. The molecule has 2 unspecified atom stereocenters. The number of hydrogen-bond acceptors (Lipinski definition) is 2. The Morgan fingerprint density at radius 2 is 1.78 bits per heavy atom. The minimum Gasteiger partial charge on any atom is -0.302 e. The predicted octanol–water partition coefficient (Wildman–Crippen LogP) is 3.50. The van der Waals surface area contributed by atoms with E-state index in [0.29, 0.717) is 11.4 Å². The van der Waals surface area contributed by atoms with Crippen molar-refractivity contribution in [3.05, 3.63) is 34.9 Å². The van der Waals surface area contributed by atoms with Crippen LogP contribution in [0.3, 0.4) is 0 Å². The van der Waals surface area contributed by atoms with Gasteiger partial charge in [-0.25, -0.2) is 0 Å². The van der Waals surface area contributed by atoms with Gasteiger partial charge in [0.1, 0.15) is 0 Å². The first kappa shape index (κ1) is 13.6. The molecular formula is C15H20ClNO. The van der Waals surface area contributed by atoms with Crippen LogP contribution < -0.4 is 0 Å². The summed E-state index contributed by atoms with van der Waals surface area (Å²) in [6.07, 6.45) is 0.598. The molecule has 18 heavy (non-hydrogen) atoms. The summed E-state index contributed by atoms with van der Waals surface area (Å²) < 4.78 is 0. The molecule has 2 nitrogen and oxygen atoms in total. The fourth-order valence-electron chi connectivity index (χ4n) is 2.47. The first-order valence-electron chi connectivity index (χ1n) is 6.57. The van der Waals surface area contributed by atoms with Crippen LogP contribution in [0.1, 0.15) is 30.6 Å². The van der Waals surface area contributed by atoms with Crippen LogP contribution in [0, 0.1) is 11.8 Å². The zero-order valence-electron chi connectivity index (χ0n) is 11.0. The van der Waals surface area contributed by atoms with E-state index in [1.54, 1.807) is 24.3 Å². The van der Waals surface area contributed by atoms with E-state index in [0.717, 1.165) is 37.0 Å². The van der Waals surface area contributed by atoms with Crippen molar-refractivity contribution < 1.29 is 4.79 Å². The van der Waals surface area contributed by atoms with Crippen LogP contribution in [0.2, 0.25) is 5.02 Å². The molecule has 3 heteroatoms. The Morgan fingerprint density at radius 3 is 2.33 bits per heavy atom. The second-order valence-corrected chi connectivity index (χ2v) is 5.83. The van der Waals surface area contributed by atoms with Crippen molar-refractivity contribution in [1.82, 2.24) is 4.90 Å². The fourth-order valence-corrected chi connectivity index (χ4v) is 2.60. The van der Waals surface area contributed by atoms with Gasteiger partial charge in [-0.2, -0.15) is 0 Å². The Hall–Kier alpha value is -0.860. The van der Waals surface area contributed by atoms with Crippen LogP contribution in [0.5, 0.6) is 0 Å².